The van der Waals surface area contributed by atoms with Gasteiger partial charge in [-0.25, -0.2) is 0 Å². The van der Waals surface area contributed by atoms with Gasteiger partial charge in [0, 0.05) is 18.5 Å². The van der Waals surface area contributed by atoms with Crippen LogP contribution >= 0.6 is 0 Å². The van der Waals surface area contributed by atoms with Crippen LogP contribution in [0.1, 0.15) is 58.1 Å². The quantitative estimate of drug-likeness (QED) is 0.909. The predicted molar refractivity (Wildman–Crippen MR) is 85.0 cm³/mol. The normalized spacial score (nSPS) is 25.4. The molecule has 0 aromatic heterocycles. The Kier molecular flexibility index (Phi) is 4.12. The van der Waals surface area contributed by atoms with Crippen LogP contribution in [-0.2, 0) is 0 Å². The van der Waals surface area contributed by atoms with Gasteiger partial charge in [0.1, 0.15) is 0 Å². The third kappa shape index (κ3) is 3.18. The molecule has 3 nitrogen and oxygen atoms in total. The fraction of sp³-hybridized carbons (Fsp3) is 0.667. The molecule has 0 saturated heterocycles. The molecule has 0 spiro atoms. The summed E-state index contributed by atoms with van der Waals surface area (Å²) in [5.74, 6) is 1.77. The molecular weight excluding hydrogens is 262 g/mol. The van der Waals surface area contributed by atoms with Crippen molar-refractivity contribution in [3.63, 3.8) is 0 Å². The Morgan fingerprint density at radius 2 is 1.90 bits per heavy atom. The summed E-state index contributed by atoms with van der Waals surface area (Å²) >= 11 is 0. The third-order valence-electron chi connectivity index (χ3n) is 4.98. The Hall–Kier alpha value is -1.22. The second kappa shape index (κ2) is 5.88. The fourth-order valence-electron chi connectivity index (χ4n) is 3.48. The van der Waals surface area contributed by atoms with Crippen LogP contribution in [0.3, 0.4) is 0 Å². The van der Waals surface area contributed by atoms with Crippen molar-refractivity contribution >= 4 is 0 Å². The van der Waals surface area contributed by atoms with Crippen molar-refractivity contribution in [2.24, 2.45) is 5.41 Å². The topological polar surface area (TPSA) is 30.5 Å². The third-order valence-corrected chi connectivity index (χ3v) is 4.98. The molecule has 3 rings (SSSR count). The number of ether oxygens (including phenoxy) is 2. The van der Waals surface area contributed by atoms with E-state index in [2.05, 4.69) is 38.2 Å². The molecule has 116 valence electrons. The zero-order valence-electron chi connectivity index (χ0n) is 13.4. The van der Waals surface area contributed by atoms with Crippen molar-refractivity contribution in [1.82, 2.24) is 5.32 Å². The summed E-state index contributed by atoms with van der Waals surface area (Å²) < 4.78 is 11.5. The second-order valence-corrected chi connectivity index (χ2v) is 7.08. The lowest BCUT2D eigenvalue weighted by atomic mass is 9.86. The molecule has 2 aliphatic rings. The van der Waals surface area contributed by atoms with Gasteiger partial charge in [-0.15, -0.1) is 0 Å². The average Bonchev–Trinajstić information content (AvgIpc) is 2.66. The Morgan fingerprint density at radius 1 is 1.14 bits per heavy atom. The summed E-state index contributed by atoms with van der Waals surface area (Å²) in [7, 11) is 0. The summed E-state index contributed by atoms with van der Waals surface area (Å²) in [6.45, 7) is 8.48. The summed E-state index contributed by atoms with van der Waals surface area (Å²) in [5.41, 5.74) is 1.68. The number of fused-ring (bicyclic) bond motifs is 1. The minimum absolute atomic E-state index is 0.338. The van der Waals surface area contributed by atoms with E-state index in [1.165, 1.54) is 24.8 Å². The van der Waals surface area contributed by atoms with Crippen molar-refractivity contribution in [3.05, 3.63) is 23.8 Å². The molecular formula is C18H27NO2. The van der Waals surface area contributed by atoms with Crippen molar-refractivity contribution in [3.8, 4) is 11.5 Å². The SMILES string of the molecule is CC(NC1CCCC1(C)C)c1ccc2c(c1)OCCCO2. The van der Waals surface area contributed by atoms with Gasteiger partial charge in [0.25, 0.3) is 0 Å². The minimum Gasteiger partial charge on any atom is -0.490 e. The Labute approximate surface area is 128 Å². The van der Waals surface area contributed by atoms with Gasteiger partial charge in [0.15, 0.2) is 11.5 Å². The molecule has 1 saturated carbocycles. The van der Waals surface area contributed by atoms with Crippen molar-refractivity contribution in [2.45, 2.75) is 58.5 Å². The largest absolute Gasteiger partial charge is 0.490 e. The summed E-state index contributed by atoms with van der Waals surface area (Å²) in [6, 6.07) is 7.29. The molecule has 1 N–H and O–H groups in total. The lowest BCUT2D eigenvalue weighted by Gasteiger charge is -2.31. The van der Waals surface area contributed by atoms with E-state index in [0.29, 0.717) is 17.5 Å². The van der Waals surface area contributed by atoms with Gasteiger partial charge in [0.05, 0.1) is 13.2 Å². The van der Waals surface area contributed by atoms with E-state index in [1.807, 2.05) is 6.07 Å². The van der Waals surface area contributed by atoms with Gasteiger partial charge in [-0.05, 0) is 42.9 Å². The van der Waals surface area contributed by atoms with Gasteiger partial charge >= 0.3 is 0 Å². The van der Waals surface area contributed by atoms with Crippen molar-refractivity contribution < 1.29 is 9.47 Å². The molecule has 0 bridgehead atoms. The lowest BCUT2D eigenvalue weighted by Crippen LogP contribution is -2.39. The average molecular weight is 289 g/mol. The highest BCUT2D eigenvalue weighted by Crippen LogP contribution is 2.39. The van der Waals surface area contributed by atoms with Crippen LogP contribution in [-0.4, -0.2) is 19.3 Å². The second-order valence-electron chi connectivity index (χ2n) is 7.08. The maximum absolute atomic E-state index is 5.80. The van der Waals surface area contributed by atoms with E-state index in [-0.39, 0.29) is 0 Å². The van der Waals surface area contributed by atoms with E-state index in [0.717, 1.165) is 31.1 Å². The van der Waals surface area contributed by atoms with Crippen molar-refractivity contribution in [1.29, 1.82) is 0 Å². The number of benzene rings is 1. The van der Waals surface area contributed by atoms with E-state index < -0.39 is 0 Å². The molecule has 2 atom stereocenters. The molecule has 1 aromatic carbocycles. The Morgan fingerprint density at radius 3 is 2.62 bits per heavy atom. The van der Waals surface area contributed by atoms with E-state index in [9.17, 15) is 0 Å². The maximum atomic E-state index is 5.80. The minimum atomic E-state index is 0.338. The number of hydrogen-bond acceptors (Lipinski definition) is 3. The Bertz CT molecular complexity index is 498. The van der Waals surface area contributed by atoms with Crippen LogP contribution in [0.4, 0.5) is 0 Å². The van der Waals surface area contributed by atoms with E-state index in [1.54, 1.807) is 0 Å². The molecule has 1 aromatic rings. The first-order chi connectivity index (χ1) is 10.1. The maximum Gasteiger partial charge on any atom is 0.161 e. The molecule has 1 aliphatic carbocycles. The lowest BCUT2D eigenvalue weighted by molar-refractivity contribution is 0.266. The summed E-state index contributed by atoms with van der Waals surface area (Å²) in [6.07, 6.45) is 4.88. The first kappa shape index (κ1) is 14.7. The summed E-state index contributed by atoms with van der Waals surface area (Å²) in [4.78, 5) is 0. The van der Waals surface area contributed by atoms with Crippen LogP contribution in [0.5, 0.6) is 11.5 Å². The van der Waals surface area contributed by atoms with Crippen molar-refractivity contribution in [2.75, 3.05) is 13.2 Å². The number of nitrogens with one attached hydrogen (secondary N) is 1. The monoisotopic (exact) mass is 289 g/mol. The standard InChI is InChI=1S/C18H27NO2/c1-13(19-17-6-4-9-18(17,2)3)14-7-8-15-16(12-14)21-11-5-10-20-15/h7-8,12-13,17,19H,4-6,9-11H2,1-3H3. The Balaban J connectivity index is 1.73. The number of rotatable bonds is 3. The first-order valence-corrected chi connectivity index (χ1v) is 8.22. The van der Waals surface area contributed by atoms with E-state index in [4.69, 9.17) is 9.47 Å². The number of hydrogen-bond donors (Lipinski definition) is 1. The molecule has 0 radical (unpaired) electrons. The highest BCUT2D eigenvalue weighted by Gasteiger charge is 2.35. The molecule has 1 aliphatic heterocycles. The molecule has 21 heavy (non-hydrogen) atoms. The molecule has 2 unspecified atom stereocenters. The molecule has 1 heterocycles. The van der Waals surface area contributed by atoms with Crippen LogP contribution in [0, 0.1) is 5.41 Å². The molecule has 3 heteroatoms. The van der Waals surface area contributed by atoms with Gasteiger partial charge in [-0.1, -0.05) is 26.3 Å². The zero-order chi connectivity index (χ0) is 14.9. The van der Waals surface area contributed by atoms with E-state index >= 15 is 0 Å². The van der Waals surface area contributed by atoms with Crippen LogP contribution < -0.4 is 14.8 Å². The van der Waals surface area contributed by atoms with Crippen LogP contribution in [0.2, 0.25) is 0 Å². The zero-order valence-corrected chi connectivity index (χ0v) is 13.4. The predicted octanol–water partition coefficient (Wildman–Crippen LogP) is 4.08. The smallest absolute Gasteiger partial charge is 0.161 e. The summed E-state index contributed by atoms with van der Waals surface area (Å²) in [5, 5.41) is 3.81. The highest BCUT2D eigenvalue weighted by molar-refractivity contribution is 5.44. The van der Waals surface area contributed by atoms with Gasteiger partial charge in [0.2, 0.25) is 0 Å². The molecule has 1 fully saturated rings. The van der Waals surface area contributed by atoms with Gasteiger partial charge in [-0.2, -0.15) is 0 Å². The van der Waals surface area contributed by atoms with Gasteiger partial charge in [-0.3, -0.25) is 0 Å². The first-order valence-electron chi connectivity index (χ1n) is 8.22. The highest BCUT2D eigenvalue weighted by atomic mass is 16.5. The molecule has 0 amide bonds. The van der Waals surface area contributed by atoms with Crippen LogP contribution in [0.15, 0.2) is 18.2 Å². The van der Waals surface area contributed by atoms with Crippen LogP contribution in [0.25, 0.3) is 0 Å². The fourth-order valence-corrected chi connectivity index (χ4v) is 3.48. The van der Waals surface area contributed by atoms with Gasteiger partial charge < -0.3 is 14.8 Å².